The minimum atomic E-state index is -0.325. The van der Waals surface area contributed by atoms with Gasteiger partial charge in [-0.05, 0) is 59.3 Å². The Labute approximate surface area is 129 Å². The van der Waals surface area contributed by atoms with Crippen molar-refractivity contribution in [3.8, 4) is 17.3 Å². The van der Waals surface area contributed by atoms with Gasteiger partial charge in [0.15, 0.2) is 0 Å². The maximum Gasteiger partial charge on any atom is 0.137 e. The average molecular weight is 344 g/mol. The Bertz CT molecular complexity index is 846. The van der Waals surface area contributed by atoms with Crippen molar-refractivity contribution in [1.82, 2.24) is 9.38 Å². The van der Waals surface area contributed by atoms with E-state index in [2.05, 4.69) is 27.0 Å². The molecule has 0 bridgehead atoms. The highest BCUT2D eigenvalue weighted by Gasteiger charge is 2.19. The lowest BCUT2D eigenvalue weighted by Gasteiger charge is -2.07. The van der Waals surface area contributed by atoms with Gasteiger partial charge in [-0.15, -0.1) is 0 Å². The molecule has 5 heteroatoms. The fourth-order valence-electron chi connectivity index (χ4n) is 2.33. The number of imidazole rings is 1. The molecule has 0 saturated heterocycles. The molecule has 2 heterocycles. The van der Waals surface area contributed by atoms with Gasteiger partial charge >= 0.3 is 0 Å². The Kier molecular flexibility index (Phi) is 3.48. The van der Waals surface area contributed by atoms with E-state index in [0.717, 1.165) is 21.4 Å². The lowest BCUT2D eigenvalue weighted by Crippen LogP contribution is -1.98. The zero-order valence-corrected chi connectivity index (χ0v) is 12.8. The van der Waals surface area contributed by atoms with Crippen molar-refractivity contribution < 1.29 is 4.39 Å². The Hall–Kier alpha value is -2.19. The van der Waals surface area contributed by atoms with E-state index in [4.69, 9.17) is 0 Å². The molecule has 3 nitrogen and oxygen atoms in total. The van der Waals surface area contributed by atoms with Crippen molar-refractivity contribution in [2.45, 2.75) is 12.8 Å². The van der Waals surface area contributed by atoms with Crippen LogP contribution in [0.1, 0.15) is 18.5 Å². The SMILES string of the molecule is CC(C#N)c1c(-c2ccc(F)cc2)nc2ccc(Br)cn12. The molecular weight excluding hydrogens is 333 g/mol. The van der Waals surface area contributed by atoms with Crippen LogP contribution >= 0.6 is 15.9 Å². The van der Waals surface area contributed by atoms with Gasteiger partial charge in [0.2, 0.25) is 0 Å². The first-order chi connectivity index (χ1) is 10.1. The predicted molar refractivity (Wildman–Crippen MR) is 82.3 cm³/mol. The van der Waals surface area contributed by atoms with Crippen LogP contribution in [0.4, 0.5) is 4.39 Å². The highest BCUT2D eigenvalue weighted by Crippen LogP contribution is 2.30. The first kappa shape index (κ1) is 13.8. The molecule has 2 aromatic heterocycles. The van der Waals surface area contributed by atoms with Gasteiger partial charge in [-0.1, -0.05) is 0 Å². The maximum atomic E-state index is 13.1. The number of rotatable bonds is 2. The molecular formula is C16H11BrFN3. The summed E-state index contributed by atoms with van der Waals surface area (Å²) in [6.07, 6.45) is 1.89. The van der Waals surface area contributed by atoms with Crippen LogP contribution in [0.5, 0.6) is 0 Å². The molecule has 0 saturated carbocycles. The van der Waals surface area contributed by atoms with Crippen LogP contribution < -0.4 is 0 Å². The molecule has 0 spiro atoms. The molecule has 21 heavy (non-hydrogen) atoms. The highest BCUT2D eigenvalue weighted by molar-refractivity contribution is 9.10. The van der Waals surface area contributed by atoms with E-state index in [9.17, 15) is 9.65 Å². The molecule has 1 unspecified atom stereocenters. The Morgan fingerprint density at radius 1 is 1.24 bits per heavy atom. The molecule has 104 valence electrons. The van der Waals surface area contributed by atoms with Crippen molar-refractivity contribution in [2.75, 3.05) is 0 Å². The smallest absolute Gasteiger partial charge is 0.137 e. The van der Waals surface area contributed by atoms with Crippen LogP contribution in [-0.4, -0.2) is 9.38 Å². The van der Waals surface area contributed by atoms with Crippen LogP contribution in [0.25, 0.3) is 16.9 Å². The molecule has 1 atom stereocenters. The number of hydrogen-bond acceptors (Lipinski definition) is 2. The van der Waals surface area contributed by atoms with Gasteiger partial charge < -0.3 is 4.40 Å². The van der Waals surface area contributed by atoms with E-state index >= 15 is 0 Å². The fourth-order valence-corrected chi connectivity index (χ4v) is 2.67. The van der Waals surface area contributed by atoms with Gasteiger partial charge in [-0.2, -0.15) is 5.26 Å². The molecule has 3 aromatic rings. The number of pyridine rings is 1. The molecule has 0 aliphatic carbocycles. The number of halogens is 2. The molecule has 0 N–H and O–H groups in total. The molecule has 1 aromatic carbocycles. The monoisotopic (exact) mass is 343 g/mol. The molecule has 0 amide bonds. The van der Waals surface area contributed by atoms with E-state index in [-0.39, 0.29) is 11.7 Å². The Morgan fingerprint density at radius 3 is 2.62 bits per heavy atom. The normalized spacial score (nSPS) is 12.3. The van der Waals surface area contributed by atoms with Crippen molar-refractivity contribution >= 4 is 21.6 Å². The number of nitrogens with zero attached hydrogens (tertiary/aromatic N) is 3. The van der Waals surface area contributed by atoms with Crippen LogP contribution in [0.3, 0.4) is 0 Å². The molecule has 0 radical (unpaired) electrons. The van der Waals surface area contributed by atoms with Crippen molar-refractivity contribution in [3.05, 3.63) is 58.6 Å². The third-order valence-electron chi connectivity index (χ3n) is 3.34. The van der Waals surface area contributed by atoms with E-state index in [1.807, 2.05) is 29.7 Å². The van der Waals surface area contributed by atoms with E-state index in [0.29, 0.717) is 5.69 Å². The van der Waals surface area contributed by atoms with Gasteiger partial charge in [0, 0.05) is 16.2 Å². The summed E-state index contributed by atoms with van der Waals surface area (Å²) in [6, 6.07) is 12.2. The number of nitriles is 1. The zero-order chi connectivity index (χ0) is 15.0. The van der Waals surface area contributed by atoms with Crippen LogP contribution in [0, 0.1) is 17.1 Å². The second-order valence-corrected chi connectivity index (χ2v) is 5.69. The molecule has 0 aliphatic rings. The quantitative estimate of drug-likeness (QED) is 0.685. The first-order valence-electron chi connectivity index (χ1n) is 6.43. The molecule has 0 aliphatic heterocycles. The summed E-state index contributed by atoms with van der Waals surface area (Å²) in [4.78, 5) is 4.59. The fraction of sp³-hybridized carbons (Fsp3) is 0.125. The summed E-state index contributed by atoms with van der Waals surface area (Å²) >= 11 is 3.43. The van der Waals surface area contributed by atoms with Crippen LogP contribution in [0.15, 0.2) is 47.1 Å². The standard InChI is InChI=1S/C16H11BrFN3/c1-10(8-19)16-15(11-2-5-13(18)6-3-11)20-14-7-4-12(17)9-21(14)16/h2-7,9-10H,1H3. The minimum Gasteiger partial charge on any atom is -0.301 e. The summed E-state index contributed by atoms with van der Waals surface area (Å²) in [6.45, 7) is 1.83. The third kappa shape index (κ3) is 2.43. The second-order valence-electron chi connectivity index (χ2n) is 4.78. The summed E-state index contributed by atoms with van der Waals surface area (Å²) < 4.78 is 15.9. The Morgan fingerprint density at radius 2 is 1.95 bits per heavy atom. The lowest BCUT2D eigenvalue weighted by molar-refractivity contribution is 0.628. The van der Waals surface area contributed by atoms with E-state index < -0.39 is 0 Å². The van der Waals surface area contributed by atoms with Crippen molar-refractivity contribution in [1.29, 1.82) is 5.26 Å². The van der Waals surface area contributed by atoms with Gasteiger partial charge in [-0.25, -0.2) is 9.37 Å². The Balaban J connectivity index is 2.31. The largest absolute Gasteiger partial charge is 0.301 e. The maximum absolute atomic E-state index is 13.1. The van der Waals surface area contributed by atoms with Crippen LogP contribution in [-0.2, 0) is 0 Å². The summed E-state index contributed by atoms with van der Waals surface area (Å²) in [7, 11) is 0. The summed E-state index contributed by atoms with van der Waals surface area (Å²) in [5, 5.41) is 9.29. The summed E-state index contributed by atoms with van der Waals surface area (Å²) in [5.41, 5.74) is 3.07. The lowest BCUT2D eigenvalue weighted by atomic mass is 10.0. The second kappa shape index (κ2) is 5.30. The topological polar surface area (TPSA) is 41.1 Å². The zero-order valence-electron chi connectivity index (χ0n) is 11.2. The number of hydrogen-bond donors (Lipinski definition) is 0. The minimum absolute atomic E-state index is 0.292. The van der Waals surface area contributed by atoms with Gasteiger partial charge in [0.05, 0.1) is 23.4 Å². The first-order valence-corrected chi connectivity index (χ1v) is 7.22. The number of benzene rings is 1. The van der Waals surface area contributed by atoms with Gasteiger partial charge in [-0.3, -0.25) is 0 Å². The summed E-state index contributed by atoms with van der Waals surface area (Å²) in [5.74, 6) is -0.616. The van der Waals surface area contributed by atoms with E-state index in [1.54, 1.807) is 12.1 Å². The van der Waals surface area contributed by atoms with Crippen LogP contribution in [0.2, 0.25) is 0 Å². The number of fused-ring (bicyclic) bond motifs is 1. The number of aromatic nitrogens is 2. The van der Waals surface area contributed by atoms with E-state index in [1.165, 1.54) is 12.1 Å². The highest BCUT2D eigenvalue weighted by atomic mass is 79.9. The van der Waals surface area contributed by atoms with Gasteiger partial charge in [0.25, 0.3) is 0 Å². The van der Waals surface area contributed by atoms with Crippen molar-refractivity contribution in [2.24, 2.45) is 0 Å². The average Bonchev–Trinajstić information content (AvgIpc) is 2.85. The third-order valence-corrected chi connectivity index (χ3v) is 3.81. The predicted octanol–water partition coefficient (Wildman–Crippen LogP) is 4.53. The van der Waals surface area contributed by atoms with Gasteiger partial charge in [0.1, 0.15) is 11.5 Å². The molecule has 0 fully saturated rings. The molecule has 3 rings (SSSR count). The van der Waals surface area contributed by atoms with Crippen molar-refractivity contribution in [3.63, 3.8) is 0 Å².